The van der Waals surface area contributed by atoms with Gasteiger partial charge in [-0.2, -0.15) is 0 Å². The van der Waals surface area contributed by atoms with Crippen LogP contribution in [0.3, 0.4) is 0 Å². The predicted molar refractivity (Wildman–Crippen MR) is 263 cm³/mol. The van der Waals surface area contributed by atoms with Crippen LogP contribution in [0.2, 0.25) is 0 Å². The van der Waals surface area contributed by atoms with E-state index >= 15 is 0 Å². The first kappa shape index (κ1) is 37.1. The summed E-state index contributed by atoms with van der Waals surface area (Å²) in [6.07, 6.45) is 17.8. The third kappa shape index (κ3) is 5.90. The molecule has 2 unspecified atom stereocenters. The van der Waals surface area contributed by atoms with E-state index in [0.717, 1.165) is 16.9 Å². The van der Waals surface area contributed by atoms with Crippen molar-refractivity contribution in [3.05, 3.63) is 235 Å². The van der Waals surface area contributed by atoms with Crippen LogP contribution in [0, 0.1) is 0 Å². The van der Waals surface area contributed by atoms with Crippen molar-refractivity contribution in [2.45, 2.75) is 37.6 Å². The summed E-state index contributed by atoms with van der Waals surface area (Å²) < 4.78 is 0. The number of anilines is 4. The Morgan fingerprint density at radius 3 is 1.95 bits per heavy atom. The molecule has 4 aliphatic rings. The first-order chi connectivity index (χ1) is 29.8. The summed E-state index contributed by atoms with van der Waals surface area (Å²) in [7, 11) is -0.995. The van der Waals surface area contributed by atoms with E-state index in [-0.39, 0.29) is 11.0 Å². The zero-order chi connectivity index (χ0) is 41.3. The van der Waals surface area contributed by atoms with E-state index in [4.69, 9.17) is 0 Å². The van der Waals surface area contributed by atoms with Crippen LogP contribution in [-0.4, -0.2) is 15.1 Å². The van der Waals surface area contributed by atoms with E-state index < -0.39 is 9.52 Å². The van der Waals surface area contributed by atoms with Gasteiger partial charge in [0.15, 0.2) is 0 Å². The van der Waals surface area contributed by atoms with Crippen molar-refractivity contribution in [1.29, 1.82) is 0 Å². The summed E-state index contributed by atoms with van der Waals surface area (Å²) in [5.41, 5.74) is 18.5. The van der Waals surface area contributed by atoms with Gasteiger partial charge in [-0.25, -0.2) is 0 Å². The molecule has 11 rings (SSSR count). The number of hydrogen-bond donors (Lipinski definition) is 0. The number of hydrogen-bond acceptors (Lipinski definition) is 2. The number of allylic oxidation sites excluding steroid dienone is 6. The second-order valence-electron chi connectivity index (χ2n) is 17.6. The third-order valence-electron chi connectivity index (χ3n) is 13.7. The Morgan fingerprint density at radius 2 is 1.20 bits per heavy atom. The van der Waals surface area contributed by atoms with Crippen molar-refractivity contribution in [2.24, 2.45) is 0 Å². The van der Waals surface area contributed by atoms with Gasteiger partial charge in [0.05, 0.1) is 20.7 Å². The normalized spacial score (nSPS) is 20.1. The van der Waals surface area contributed by atoms with Gasteiger partial charge in [-0.15, -0.1) is 0 Å². The molecule has 0 bridgehead atoms. The molecule has 2 aliphatic carbocycles. The van der Waals surface area contributed by atoms with Crippen LogP contribution in [0.1, 0.15) is 48.9 Å². The Hall–Kier alpha value is -6.94. The van der Waals surface area contributed by atoms with Gasteiger partial charge in [0.1, 0.15) is 0 Å². The van der Waals surface area contributed by atoms with Gasteiger partial charge >= 0.3 is 0 Å². The van der Waals surface area contributed by atoms with Crippen LogP contribution >= 0.6 is 0 Å². The SMILES string of the molecule is C=C1/C=C\C=C/N(c2ccc([SiH2]c3ccc(N4c5ccccc5C5C=CC=CC54C)cc3-c3ccccc3)c(-c3ccccc3)c2)c2ccc3c(c21)-c1ccccc1C3(C)C. The topological polar surface area (TPSA) is 6.48 Å². The quantitative estimate of drug-likeness (QED) is 0.155. The lowest BCUT2D eigenvalue weighted by molar-refractivity contribution is 0.542. The number of rotatable bonds is 6. The lowest BCUT2D eigenvalue weighted by atomic mass is 9.80. The van der Waals surface area contributed by atoms with Crippen LogP contribution < -0.4 is 20.2 Å². The standard InChI is InChI=1S/C58H48N2Si/c1-39-19-16-18-36-59(52-32-31-50-56(55(39)52)45-25-11-13-26-48(45)57(50,2)3)42-29-33-53(46(37-42)40-20-7-5-8-21-40)61-54-34-30-43(38-47(54)41-22-9-6-10-23-41)60-51-28-14-12-24-44(51)49-27-15-17-35-58(49,60)4/h5-38,49H,1,61H2,2-4H3/b19-16-,36-18-. The van der Waals surface area contributed by atoms with Gasteiger partial charge in [0.2, 0.25) is 0 Å². The molecule has 0 radical (unpaired) electrons. The molecule has 2 aliphatic heterocycles. The fourth-order valence-electron chi connectivity index (χ4n) is 10.7. The van der Waals surface area contributed by atoms with Crippen LogP contribution in [-0.2, 0) is 5.41 Å². The third-order valence-corrected chi connectivity index (χ3v) is 15.7. The molecule has 2 heterocycles. The van der Waals surface area contributed by atoms with Gasteiger partial charge in [0, 0.05) is 40.2 Å². The van der Waals surface area contributed by atoms with Crippen molar-refractivity contribution < 1.29 is 0 Å². The van der Waals surface area contributed by atoms with Gasteiger partial charge in [0.25, 0.3) is 0 Å². The minimum Gasteiger partial charge on any atom is -0.331 e. The van der Waals surface area contributed by atoms with E-state index in [0.29, 0.717) is 5.92 Å². The maximum atomic E-state index is 4.66. The number of nitrogens with zero attached hydrogens (tertiary/aromatic N) is 2. The van der Waals surface area contributed by atoms with Crippen molar-refractivity contribution in [3.8, 4) is 33.4 Å². The van der Waals surface area contributed by atoms with E-state index in [1.807, 2.05) is 0 Å². The molecule has 7 aromatic carbocycles. The monoisotopic (exact) mass is 800 g/mol. The lowest BCUT2D eigenvalue weighted by Crippen LogP contribution is -2.42. The van der Waals surface area contributed by atoms with Crippen molar-refractivity contribution >= 4 is 48.2 Å². The summed E-state index contributed by atoms with van der Waals surface area (Å²) in [5, 5.41) is 2.85. The molecular formula is C58H48N2Si. The zero-order valence-electron chi connectivity index (χ0n) is 35.0. The molecule has 61 heavy (non-hydrogen) atoms. The van der Waals surface area contributed by atoms with Crippen LogP contribution in [0.4, 0.5) is 22.7 Å². The fraction of sp³-hybridized carbons (Fsp3) is 0.103. The number of benzene rings is 7. The van der Waals surface area contributed by atoms with Crippen LogP contribution in [0.25, 0.3) is 39.0 Å². The number of fused-ring (bicyclic) bond motifs is 8. The highest BCUT2D eigenvalue weighted by Crippen LogP contribution is 2.55. The highest BCUT2D eigenvalue weighted by molar-refractivity contribution is 6.70. The molecule has 2 nitrogen and oxygen atoms in total. The van der Waals surface area contributed by atoms with Crippen molar-refractivity contribution in [3.63, 3.8) is 0 Å². The second-order valence-corrected chi connectivity index (χ2v) is 19.5. The molecule has 0 amide bonds. The highest BCUT2D eigenvalue weighted by atomic mass is 28.2. The molecule has 7 aromatic rings. The maximum Gasteiger partial charge on any atom is 0.0891 e. The van der Waals surface area contributed by atoms with E-state index in [1.165, 1.54) is 77.4 Å². The summed E-state index contributed by atoms with van der Waals surface area (Å²) in [5.74, 6) is 0.294. The Bertz CT molecular complexity index is 3020. The maximum absolute atomic E-state index is 4.66. The Balaban J connectivity index is 1.04. The van der Waals surface area contributed by atoms with Crippen LogP contribution in [0.15, 0.2) is 213 Å². The van der Waals surface area contributed by atoms with Crippen molar-refractivity contribution in [2.75, 3.05) is 9.80 Å². The molecule has 0 saturated heterocycles. The molecular weight excluding hydrogens is 753 g/mol. The molecule has 0 aromatic heterocycles. The fourth-order valence-corrected chi connectivity index (χ4v) is 12.6. The van der Waals surface area contributed by atoms with Crippen molar-refractivity contribution in [1.82, 2.24) is 0 Å². The molecule has 0 saturated carbocycles. The highest BCUT2D eigenvalue weighted by Gasteiger charge is 2.47. The summed E-state index contributed by atoms with van der Waals surface area (Å²) in [6.45, 7) is 11.7. The molecule has 3 heteroatoms. The Kier molecular flexibility index (Phi) is 8.73. The molecule has 0 fully saturated rings. The van der Waals surface area contributed by atoms with Gasteiger partial charge in [-0.3, -0.25) is 0 Å². The van der Waals surface area contributed by atoms with E-state index in [2.05, 4.69) is 244 Å². The molecule has 294 valence electrons. The van der Waals surface area contributed by atoms with Gasteiger partial charge in [-0.05, 0) is 105 Å². The lowest BCUT2D eigenvalue weighted by Gasteiger charge is -2.39. The Morgan fingerprint density at radius 1 is 0.541 bits per heavy atom. The minimum absolute atomic E-state index is 0.0961. The number of para-hydroxylation sites is 1. The average molecular weight is 801 g/mol. The first-order valence-electron chi connectivity index (χ1n) is 21.5. The van der Waals surface area contributed by atoms with E-state index in [9.17, 15) is 0 Å². The molecule has 2 atom stereocenters. The largest absolute Gasteiger partial charge is 0.331 e. The summed E-state index contributed by atoms with van der Waals surface area (Å²) in [4.78, 5) is 4.94. The van der Waals surface area contributed by atoms with Crippen LogP contribution in [0.5, 0.6) is 0 Å². The van der Waals surface area contributed by atoms with E-state index in [1.54, 1.807) is 0 Å². The summed E-state index contributed by atoms with van der Waals surface area (Å²) >= 11 is 0. The first-order valence-corrected chi connectivity index (χ1v) is 23.0. The average Bonchev–Trinajstić information content (AvgIpc) is 3.70. The van der Waals surface area contributed by atoms with Gasteiger partial charge < -0.3 is 9.80 Å². The zero-order valence-corrected chi connectivity index (χ0v) is 36.4. The van der Waals surface area contributed by atoms with Gasteiger partial charge in [-0.1, -0.05) is 189 Å². The molecule has 0 spiro atoms. The summed E-state index contributed by atoms with van der Waals surface area (Å²) in [6, 6.07) is 58.9. The Labute approximate surface area is 362 Å². The predicted octanol–water partition coefficient (Wildman–Crippen LogP) is 12.8. The minimum atomic E-state index is -0.995. The molecule has 0 N–H and O–H groups in total. The second kappa shape index (κ2) is 14.4. The smallest absolute Gasteiger partial charge is 0.0891 e.